The Hall–Kier alpha value is -3.70. The van der Waals surface area contributed by atoms with Crippen LogP contribution in [-0.2, 0) is 20.4 Å². The number of halogens is 3. The Balaban J connectivity index is 1.08. The molecule has 2 aliphatic heterocycles. The molecule has 0 aromatic carbocycles. The van der Waals surface area contributed by atoms with Gasteiger partial charge in [0.25, 0.3) is 5.56 Å². The third-order valence-corrected chi connectivity index (χ3v) is 6.77. The van der Waals surface area contributed by atoms with Crippen LogP contribution in [0, 0.1) is 17.2 Å². The molecule has 4 rings (SSSR count). The van der Waals surface area contributed by atoms with E-state index < -0.39 is 17.3 Å². The van der Waals surface area contributed by atoms with Crippen LogP contribution in [0.15, 0.2) is 29.3 Å². The highest BCUT2D eigenvalue weighted by Gasteiger charge is 2.39. The number of carbonyl (C=O) groups is 1. The van der Waals surface area contributed by atoms with Gasteiger partial charge in [-0.1, -0.05) is 0 Å². The maximum absolute atomic E-state index is 13.3. The van der Waals surface area contributed by atoms with E-state index in [0.717, 1.165) is 12.0 Å². The highest BCUT2D eigenvalue weighted by molar-refractivity contribution is 5.76. The lowest BCUT2D eigenvalue weighted by atomic mass is 10.1. The molecule has 0 bridgehead atoms. The number of nitriles is 1. The summed E-state index contributed by atoms with van der Waals surface area (Å²) in [5, 5.41) is 14.3. The lowest BCUT2D eigenvalue weighted by molar-refractivity contribution is -0.138. The number of amides is 1. The van der Waals surface area contributed by atoms with E-state index in [0.29, 0.717) is 71.1 Å². The Morgan fingerprint density at radius 2 is 1.85 bits per heavy atom. The summed E-state index contributed by atoms with van der Waals surface area (Å²) >= 11 is 0. The predicted molar refractivity (Wildman–Crippen MR) is 134 cm³/mol. The molecule has 1 N–H and O–H groups in total. The van der Waals surface area contributed by atoms with Crippen molar-refractivity contribution in [1.29, 1.82) is 5.26 Å². The van der Waals surface area contributed by atoms with Crippen LogP contribution in [0.1, 0.15) is 24.0 Å². The molecule has 39 heavy (non-hydrogen) atoms. The predicted octanol–water partition coefficient (Wildman–Crippen LogP) is 1.65. The Morgan fingerprint density at radius 1 is 1.08 bits per heavy atom. The van der Waals surface area contributed by atoms with Crippen molar-refractivity contribution in [1.82, 2.24) is 20.1 Å². The summed E-state index contributed by atoms with van der Waals surface area (Å²) in [5.41, 5.74) is -2.19. The number of hydrogen-bond acceptors (Lipinski definition) is 9. The first-order chi connectivity index (χ1) is 18.8. The second-order valence-corrected chi connectivity index (χ2v) is 9.38. The van der Waals surface area contributed by atoms with Gasteiger partial charge in [0.05, 0.1) is 50.3 Å². The molecule has 210 valence electrons. The lowest BCUT2D eigenvalue weighted by Gasteiger charge is -2.35. The van der Waals surface area contributed by atoms with Crippen LogP contribution in [0.25, 0.3) is 0 Å². The third-order valence-electron chi connectivity index (χ3n) is 6.77. The number of carbonyl (C=O) groups excluding carboxylic acids is 1. The largest absolute Gasteiger partial charge is 0.423 e. The van der Waals surface area contributed by atoms with Gasteiger partial charge < -0.3 is 24.2 Å². The fourth-order valence-corrected chi connectivity index (χ4v) is 4.70. The molecule has 0 spiro atoms. The Morgan fingerprint density at radius 3 is 2.54 bits per heavy atom. The highest BCUT2D eigenvalue weighted by atomic mass is 19.4. The molecule has 0 aliphatic carbocycles. The number of alkyl halides is 3. The third kappa shape index (κ3) is 7.45. The average Bonchev–Trinajstić information content (AvgIpc) is 3.40. The van der Waals surface area contributed by atoms with Crippen molar-refractivity contribution in [2.75, 3.05) is 75.5 Å². The number of nitrogens with zero attached hydrogens (tertiary/aromatic N) is 6. The second kappa shape index (κ2) is 12.9. The van der Waals surface area contributed by atoms with Crippen LogP contribution < -0.4 is 15.4 Å². The minimum Gasteiger partial charge on any atom is -0.379 e. The monoisotopic (exact) mass is 549 g/mol. The minimum atomic E-state index is -4.77. The molecule has 2 aliphatic rings. The first kappa shape index (κ1) is 28.3. The van der Waals surface area contributed by atoms with E-state index >= 15 is 0 Å². The maximum atomic E-state index is 13.3. The average molecular weight is 550 g/mol. The van der Waals surface area contributed by atoms with Crippen molar-refractivity contribution >= 4 is 17.4 Å². The maximum Gasteiger partial charge on any atom is 0.423 e. The topological polar surface area (TPSA) is 128 Å². The van der Waals surface area contributed by atoms with E-state index in [1.54, 1.807) is 17.0 Å². The highest BCUT2D eigenvalue weighted by Crippen LogP contribution is 2.35. The van der Waals surface area contributed by atoms with E-state index in [4.69, 9.17) is 14.7 Å². The van der Waals surface area contributed by atoms with Crippen LogP contribution in [0.2, 0.25) is 0 Å². The number of H-pyrrole nitrogens is 1. The van der Waals surface area contributed by atoms with Gasteiger partial charge in [0.1, 0.15) is 17.5 Å². The molecular weight excluding hydrogens is 519 g/mol. The minimum absolute atomic E-state index is 0.0156. The molecule has 1 atom stereocenters. The van der Waals surface area contributed by atoms with Crippen LogP contribution in [-0.4, -0.2) is 91.7 Å². The Labute approximate surface area is 223 Å². The smallest absolute Gasteiger partial charge is 0.379 e. The van der Waals surface area contributed by atoms with Crippen molar-refractivity contribution in [2.45, 2.75) is 19.0 Å². The molecule has 0 saturated carbocycles. The molecule has 2 aromatic rings. The van der Waals surface area contributed by atoms with Gasteiger partial charge in [-0.25, -0.2) is 10.1 Å². The molecule has 2 aromatic heterocycles. The second-order valence-electron chi connectivity index (χ2n) is 9.38. The summed E-state index contributed by atoms with van der Waals surface area (Å²) in [7, 11) is 0. The standard InChI is InChI=1S/C25H30F3N7O4/c26-25(27,28)23-20(15-31-32-24(23)37)35-5-3-19(16-35)17-39-12-11-38-10-4-22(36)34-8-6-33(7-9-34)21-2-1-18(13-29)14-30-21/h1-2,14-15,19H,3-12,16-17H2,(H,32,37). The van der Waals surface area contributed by atoms with E-state index in [-0.39, 0.29) is 30.5 Å². The summed E-state index contributed by atoms with van der Waals surface area (Å²) < 4.78 is 51.1. The molecule has 2 saturated heterocycles. The van der Waals surface area contributed by atoms with Gasteiger partial charge in [-0.05, 0) is 18.6 Å². The lowest BCUT2D eigenvalue weighted by Crippen LogP contribution is -2.49. The van der Waals surface area contributed by atoms with Gasteiger partial charge in [0, 0.05) is 51.4 Å². The number of anilines is 2. The fraction of sp³-hybridized carbons (Fsp3) is 0.560. The van der Waals surface area contributed by atoms with Crippen LogP contribution in [0.4, 0.5) is 24.7 Å². The number of rotatable bonds is 10. The van der Waals surface area contributed by atoms with E-state index in [1.807, 2.05) is 11.2 Å². The number of hydrogen-bond donors (Lipinski definition) is 1. The molecule has 1 unspecified atom stereocenters. The normalized spacial score (nSPS) is 17.9. The van der Waals surface area contributed by atoms with Crippen molar-refractivity contribution in [2.24, 2.45) is 5.92 Å². The first-order valence-corrected chi connectivity index (χ1v) is 12.7. The van der Waals surface area contributed by atoms with Gasteiger partial charge in [-0.2, -0.15) is 23.5 Å². The van der Waals surface area contributed by atoms with E-state index in [9.17, 15) is 22.8 Å². The number of nitrogens with one attached hydrogen (secondary N) is 1. The van der Waals surface area contributed by atoms with Crippen LogP contribution >= 0.6 is 0 Å². The zero-order valence-corrected chi connectivity index (χ0v) is 21.3. The molecule has 2 fully saturated rings. The number of aromatic amines is 1. The summed E-state index contributed by atoms with van der Waals surface area (Å²) in [5.74, 6) is 0.820. The van der Waals surface area contributed by atoms with Gasteiger partial charge in [0.15, 0.2) is 0 Å². The first-order valence-electron chi connectivity index (χ1n) is 12.7. The van der Waals surface area contributed by atoms with E-state index in [1.165, 1.54) is 11.1 Å². The Kier molecular flexibility index (Phi) is 9.36. The zero-order chi connectivity index (χ0) is 27.8. The molecule has 14 heteroatoms. The molecule has 1 amide bonds. The zero-order valence-electron chi connectivity index (χ0n) is 21.3. The molecular formula is C25H30F3N7O4. The quantitative estimate of drug-likeness (QED) is 0.440. The number of ether oxygens (including phenoxy) is 2. The fourth-order valence-electron chi connectivity index (χ4n) is 4.70. The number of pyridine rings is 1. The summed E-state index contributed by atoms with van der Waals surface area (Å²) in [4.78, 5) is 33.9. The van der Waals surface area contributed by atoms with Gasteiger partial charge in [0.2, 0.25) is 5.91 Å². The summed E-state index contributed by atoms with van der Waals surface area (Å²) in [6.45, 7) is 4.43. The SMILES string of the molecule is N#Cc1ccc(N2CCN(C(=O)CCOCCOCC3CCN(c4cn[nH]c(=O)c4C(F)(F)F)C3)CC2)nc1. The summed E-state index contributed by atoms with van der Waals surface area (Å²) in [6, 6.07) is 5.57. The number of piperazine rings is 1. The van der Waals surface area contributed by atoms with Gasteiger partial charge in [-0.3, -0.25) is 9.59 Å². The van der Waals surface area contributed by atoms with E-state index in [2.05, 4.69) is 15.0 Å². The van der Waals surface area contributed by atoms with Crippen molar-refractivity contribution in [3.63, 3.8) is 0 Å². The molecule has 11 nitrogen and oxygen atoms in total. The van der Waals surface area contributed by atoms with Crippen LogP contribution in [0.5, 0.6) is 0 Å². The molecule has 4 heterocycles. The molecule has 0 radical (unpaired) electrons. The van der Waals surface area contributed by atoms with Gasteiger partial charge >= 0.3 is 6.18 Å². The van der Waals surface area contributed by atoms with Crippen molar-refractivity contribution in [3.05, 3.63) is 46.0 Å². The van der Waals surface area contributed by atoms with Gasteiger partial charge in [-0.15, -0.1) is 0 Å². The van der Waals surface area contributed by atoms with Crippen molar-refractivity contribution in [3.8, 4) is 6.07 Å². The summed E-state index contributed by atoms with van der Waals surface area (Å²) in [6.07, 6.45) is -1.30. The van der Waals surface area contributed by atoms with Crippen molar-refractivity contribution < 1.29 is 27.4 Å². The number of aromatic nitrogens is 3. The Bertz CT molecular complexity index is 1210. The van der Waals surface area contributed by atoms with Crippen LogP contribution in [0.3, 0.4) is 0 Å².